The molecule has 1 unspecified atom stereocenters. The van der Waals surface area contributed by atoms with Crippen molar-refractivity contribution in [2.75, 3.05) is 11.9 Å². The van der Waals surface area contributed by atoms with Crippen LogP contribution in [0.4, 0.5) is 5.69 Å². The maximum Gasteiger partial charge on any atom is 0.261 e. The monoisotopic (exact) mass is 274 g/mol. The number of hydrogen-bond acceptors (Lipinski definition) is 4. The molecule has 0 saturated carbocycles. The standard InChI is InChI=1S/C14H18N4O2/c1-9(2)8-18-14(20)12(10(3)17-18)13(19)16-11-5-4-6-15-7-11/h4-7,9,12H,8H2,1-3H3,(H,16,19). The van der Waals surface area contributed by atoms with Crippen LogP contribution >= 0.6 is 0 Å². The molecule has 1 aliphatic heterocycles. The van der Waals surface area contributed by atoms with Gasteiger partial charge in [0.2, 0.25) is 5.91 Å². The highest BCUT2D eigenvalue weighted by molar-refractivity contribution is 6.24. The van der Waals surface area contributed by atoms with Crippen molar-refractivity contribution in [3.63, 3.8) is 0 Å². The van der Waals surface area contributed by atoms with Crippen molar-refractivity contribution in [1.82, 2.24) is 9.99 Å². The lowest BCUT2D eigenvalue weighted by atomic mass is 10.0. The second kappa shape index (κ2) is 5.81. The van der Waals surface area contributed by atoms with Crippen LogP contribution in [0.3, 0.4) is 0 Å². The Morgan fingerprint density at radius 2 is 2.25 bits per heavy atom. The second-order valence-corrected chi connectivity index (χ2v) is 5.22. The van der Waals surface area contributed by atoms with Gasteiger partial charge in [-0.3, -0.25) is 14.6 Å². The van der Waals surface area contributed by atoms with E-state index in [2.05, 4.69) is 15.4 Å². The first-order chi connectivity index (χ1) is 9.49. The molecule has 2 amide bonds. The van der Waals surface area contributed by atoms with Crippen molar-refractivity contribution in [3.8, 4) is 0 Å². The van der Waals surface area contributed by atoms with Crippen LogP contribution in [-0.4, -0.2) is 34.1 Å². The summed E-state index contributed by atoms with van der Waals surface area (Å²) in [6, 6.07) is 3.45. The Hall–Kier alpha value is -2.24. The van der Waals surface area contributed by atoms with Crippen LogP contribution in [0.15, 0.2) is 29.6 Å². The zero-order chi connectivity index (χ0) is 14.7. The molecule has 2 heterocycles. The number of hydrogen-bond donors (Lipinski definition) is 1. The summed E-state index contributed by atoms with van der Waals surface area (Å²) in [4.78, 5) is 28.3. The Labute approximate surface area is 117 Å². The van der Waals surface area contributed by atoms with Crippen LogP contribution < -0.4 is 5.32 Å². The highest BCUT2D eigenvalue weighted by Crippen LogP contribution is 2.19. The Kier molecular flexibility index (Phi) is 4.12. The highest BCUT2D eigenvalue weighted by atomic mass is 16.2. The molecule has 6 nitrogen and oxygen atoms in total. The van der Waals surface area contributed by atoms with Gasteiger partial charge >= 0.3 is 0 Å². The number of nitrogens with zero attached hydrogens (tertiary/aromatic N) is 3. The molecule has 1 atom stereocenters. The first-order valence-electron chi connectivity index (χ1n) is 6.56. The summed E-state index contributed by atoms with van der Waals surface area (Å²) in [7, 11) is 0. The zero-order valence-corrected chi connectivity index (χ0v) is 11.8. The molecule has 0 bridgehead atoms. The molecular weight excluding hydrogens is 256 g/mol. The fourth-order valence-electron chi connectivity index (χ4n) is 2.05. The number of aromatic nitrogens is 1. The number of rotatable bonds is 4. The fraction of sp³-hybridized carbons (Fsp3) is 0.429. The molecular formula is C14H18N4O2. The molecule has 1 N–H and O–H groups in total. The molecule has 1 aromatic rings. The van der Waals surface area contributed by atoms with Gasteiger partial charge in [0.1, 0.15) is 0 Å². The summed E-state index contributed by atoms with van der Waals surface area (Å²) >= 11 is 0. The van der Waals surface area contributed by atoms with E-state index in [0.717, 1.165) is 0 Å². The summed E-state index contributed by atoms with van der Waals surface area (Å²) in [5.74, 6) is -1.17. The first kappa shape index (κ1) is 14.2. The van der Waals surface area contributed by atoms with Crippen LogP contribution in [0.2, 0.25) is 0 Å². The Morgan fingerprint density at radius 3 is 2.85 bits per heavy atom. The van der Waals surface area contributed by atoms with Gasteiger partial charge in [-0.25, -0.2) is 5.01 Å². The summed E-state index contributed by atoms with van der Waals surface area (Å²) in [5.41, 5.74) is 1.09. The van der Waals surface area contributed by atoms with E-state index < -0.39 is 5.92 Å². The minimum atomic E-state index is -0.839. The van der Waals surface area contributed by atoms with Crippen LogP contribution in [0.1, 0.15) is 20.8 Å². The smallest absolute Gasteiger partial charge is 0.261 e. The largest absolute Gasteiger partial charge is 0.324 e. The zero-order valence-electron chi connectivity index (χ0n) is 11.8. The lowest BCUT2D eigenvalue weighted by molar-refractivity contribution is -0.136. The van der Waals surface area contributed by atoms with Gasteiger partial charge in [0, 0.05) is 12.7 Å². The van der Waals surface area contributed by atoms with Crippen LogP contribution in [-0.2, 0) is 9.59 Å². The van der Waals surface area contributed by atoms with Crippen molar-refractivity contribution in [3.05, 3.63) is 24.5 Å². The normalized spacial score (nSPS) is 18.4. The molecule has 20 heavy (non-hydrogen) atoms. The van der Waals surface area contributed by atoms with Crippen LogP contribution in [0.25, 0.3) is 0 Å². The average Bonchev–Trinajstić information content (AvgIpc) is 2.64. The van der Waals surface area contributed by atoms with Gasteiger partial charge in [0.25, 0.3) is 5.91 Å². The van der Waals surface area contributed by atoms with Gasteiger partial charge < -0.3 is 5.32 Å². The molecule has 0 saturated heterocycles. The molecule has 0 fully saturated rings. The third-order valence-corrected chi connectivity index (χ3v) is 2.93. The molecule has 106 valence electrons. The summed E-state index contributed by atoms with van der Waals surface area (Å²) in [6.07, 6.45) is 3.16. The Balaban J connectivity index is 2.08. The third-order valence-electron chi connectivity index (χ3n) is 2.93. The molecule has 1 aromatic heterocycles. The van der Waals surface area contributed by atoms with Gasteiger partial charge in [-0.1, -0.05) is 13.8 Å². The average molecular weight is 274 g/mol. The third kappa shape index (κ3) is 3.01. The van der Waals surface area contributed by atoms with Crippen molar-refractivity contribution >= 4 is 23.2 Å². The minimum Gasteiger partial charge on any atom is -0.324 e. The minimum absolute atomic E-state index is 0.266. The second-order valence-electron chi connectivity index (χ2n) is 5.22. The van der Waals surface area contributed by atoms with Crippen LogP contribution in [0, 0.1) is 11.8 Å². The molecule has 0 aromatic carbocycles. The predicted molar refractivity (Wildman–Crippen MR) is 76.0 cm³/mol. The SMILES string of the molecule is CC1=NN(CC(C)C)C(=O)C1C(=O)Nc1cccnc1. The van der Waals surface area contributed by atoms with E-state index in [4.69, 9.17) is 0 Å². The number of hydrazone groups is 1. The van der Waals surface area contributed by atoms with Gasteiger partial charge in [-0.2, -0.15) is 5.10 Å². The number of nitrogens with one attached hydrogen (secondary N) is 1. The molecule has 1 aliphatic rings. The summed E-state index contributed by atoms with van der Waals surface area (Å²) < 4.78 is 0. The quantitative estimate of drug-likeness (QED) is 0.846. The van der Waals surface area contributed by atoms with Crippen molar-refractivity contribution in [2.24, 2.45) is 16.9 Å². The Morgan fingerprint density at radius 1 is 1.50 bits per heavy atom. The molecule has 2 rings (SSSR count). The Bertz CT molecular complexity index is 539. The van der Waals surface area contributed by atoms with Gasteiger partial charge in [-0.15, -0.1) is 0 Å². The highest BCUT2D eigenvalue weighted by Gasteiger charge is 2.39. The van der Waals surface area contributed by atoms with E-state index in [-0.39, 0.29) is 11.8 Å². The van der Waals surface area contributed by atoms with E-state index in [0.29, 0.717) is 23.9 Å². The van der Waals surface area contributed by atoms with E-state index in [1.807, 2.05) is 13.8 Å². The fourth-order valence-corrected chi connectivity index (χ4v) is 2.05. The summed E-state index contributed by atoms with van der Waals surface area (Å²) in [5, 5.41) is 8.25. The molecule has 0 spiro atoms. The van der Waals surface area contributed by atoms with E-state index in [1.54, 1.807) is 25.3 Å². The van der Waals surface area contributed by atoms with Crippen LogP contribution in [0.5, 0.6) is 0 Å². The molecule has 0 aliphatic carbocycles. The number of pyridine rings is 1. The van der Waals surface area contributed by atoms with Gasteiger partial charge in [0.15, 0.2) is 5.92 Å². The maximum atomic E-state index is 12.2. The van der Waals surface area contributed by atoms with Crippen molar-refractivity contribution in [2.45, 2.75) is 20.8 Å². The summed E-state index contributed by atoms with van der Waals surface area (Å²) in [6.45, 7) is 6.22. The van der Waals surface area contributed by atoms with Crippen molar-refractivity contribution < 1.29 is 9.59 Å². The van der Waals surface area contributed by atoms with E-state index in [1.165, 1.54) is 11.2 Å². The lowest BCUT2D eigenvalue weighted by Crippen LogP contribution is -2.37. The molecule has 6 heteroatoms. The number of amides is 2. The maximum absolute atomic E-state index is 12.2. The van der Waals surface area contributed by atoms with E-state index in [9.17, 15) is 9.59 Å². The lowest BCUT2D eigenvalue weighted by Gasteiger charge is -2.16. The number of carbonyl (C=O) groups excluding carboxylic acids is 2. The number of anilines is 1. The molecule has 0 radical (unpaired) electrons. The topological polar surface area (TPSA) is 74.7 Å². The van der Waals surface area contributed by atoms with E-state index >= 15 is 0 Å². The first-order valence-corrected chi connectivity index (χ1v) is 6.56. The van der Waals surface area contributed by atoms with Gasteiger partial charge in [0.05, 0.1) is 17.6 Å². The number of carbonyl (C=O) groups is 2. The predicted octanol–water partition coefficient (Wildman–Crippen LogP) is 1.51. The van der Waals surface area contributed by atoms with Crippen molar-refractivity contribution in [1.29, 1.82) is 0 Å². The van der Waals surface area contributed by atoms with Gasteiger partial charge in [-0.05, 0) is 25.0 Å².